The highest BCUT2D eigenvalue weighted by Gasteiger charge is 2.64. The fourth-order valence-corrected chi connectivity index (χ4v) is 5.06. The lowest BCUT2D eigenvalue weighted by molar-refractivity contribution is 0.0142. The molecule has 2 saturated carbocycles. The van der Waals surface area contributed by atoms with E-state index in [-0.39, 0.29) is 11.2 Å². The summed E-state index contributed by atoms with van der Waals surface area (Å²) in [6.07, 6.45) is 1.74. The van der Waals surface area contributed by atoms with Gasteiger partial charge < -0.3 is 5.11 Å². The summed E-state index contributed by atoms with van der Waals surface area (Å²) in [6, 6.07) is 0. The normalized spacial score (nSPS) is 43.5. The second kappa shape index (κ2) is 2.96. The van der Waals surface area contributed by atoms with Crippen LogP contribution in [0.15, 0.2) is 0 Å². The lowest BCUT2D eigenvalue weighted by Crippen LogP contribution is -2.44. The molecule has 15 heavy (non-hydrogen) atoms. The number of fused-ring (bicyclic) bond motifs is 2. The predicted octanol–water partition coefficient (Wildman–Crippen LogP) is 1.06. The highest BCUT2D eigenvalue weighted by molar-refractivity contribution is 7.85. The van der Waals surface area contributed by atoms with E-state index < -0.39 is 21.6 Å². The summed E-state index contributed by atoms with van der Waals surface area (Å²) in [4.78, 5) is 0. The first kappa shape index (κ1) is 11.4. The molecule has 0 saturated heterocycles. The van der Waals surface area contributed by atoms with Gasteiger partial charge in [-0.2, -0.15) is 8.42 Å². The van der Waals surface area contributed by atoms with Gasteiger partial charge in [0.1, 0.15) is 0 Å². The number of aliphatic hydroxyl groups excluding tert-OH is 1. The Morgan fingerprint density at radius 1 is 1.40 bits per heavy atom. The molecule has 2 fully saturated rings. The number of hydrogen-bond acceptors (Lipinski definition) is 3. The fourth-order valence-electron chi connectivity index (χ4n) is 3.70. The zero-order chi connectivity index (χ0) is 11.5. The van der Waals surface area contributed by atoms with E-state index >= 15 is 0 Å². The second-order valence-electron chi connectivity index (χ2n) is 5.59. The van der Waals surface area contributed by atoms with Crippen LogP contribution in [-0.4, -0.2) is 29.9 Å². The van der Waals surface area contributed by atoms with Crippen LogP contribution in [0.25, 0.3) is 0 Å². The molecule has 2 N–H and O–H groups in total. The van der Waals surface area contributed by atoms with E-state index in [2.05, 4.69) is 0 Å². The van der Waals surface area contributed by atoms with Crippen LogP contribution >= 0.6 is 0 Å². The van der Waals surface area contributed by atoms with Crippen LogP contribution in [0.5, 0.6) is 0 Å². The van der Waals surface area contributed by atoms with Crippen molar-refractivity contribution in [3.8, 4) is 0 Å². The van der Waals surface area contributed by atoms with Crippen molar-refractivity contribution in [2.75, 3.05) is 5.75 Å². The zero-order valence-corrected chi connectivity index (χ0v) is 9.92. The van der Waals surface area contributed by atoms with E-state index in [0.29, 0.717) is 18.8 Å². The third-order valence-electron chi connectivity index (χ3n) is 4.83. The van der Waals surface area contributed by atoms with E-state index in [1.54, 1.807) is 0 Å². The minimum Gasteiger partial charge on any atom is -0.392 e. The minimum atomic E-state index is -4.02. The highest BCUT2D eigenvalue weighted by atomic mass is 32.2. The number of hydrogen-bond donors (Lipinski definition) is 2. The summed E-state index contributed by atoms with van der Waals surface area (Å²) >= 11 is 0. The Bertz CT molecular complexity index is 373. The third kappa shape index (κ3) is 1.44. The summed E-state index contributed by atoms with van der Waals surface area (Å²) in [5, 5.41) is 9.99. The summed E-state index contributed by atoms with van der Waals surface area (Å²) in [5.41, 5.74) is -0.826. The molecule has 2 aliphatic rings. The van der Waals surface area contributed by atoms with Gasteiger partial charge in [-0.25, -0.2) is 0 Å². The molecular weight excluding hydrogens is 216 g/mol. The van der Waals surface area contributed by atoms with Crippen molar-refractivity contribution in [2.24, 2.45) is 16.7 Å². The van der Waals surface area contributed by atoms with Gasteiger partial charge in [-0.3, -0.25) is 4.55 Å². The van der Waals surface area contributed by atoms with E-state index in [1.165, 1.54) is 0 Å². The largest absolute Gasteiger partial charge is 0.392 e. The maximum atomic E-state index is 11.0. The quantitative estimate of drug-likeness (QED) is 0.701. The summed E-state index contributed by atoms with van der Waals surface area (Å²) < 4.78 is 31.1. The van der Waals surface area contributed by atoms with E-state index in [1.807, 2.05) is 13.8 Å². The minimum absolute atomic E-state index is 0.192. The van der Waals surface area contributed by atoms with Gasteiger partial charge in [-0.1, -0.05) is 13.8 Å². The van der Waals surface area contributed by atoms with Crippen molar-refractivity contribution in [3.63, 3.8) is 0 Å². The molecule has 0 aliphatic heterocycles. The van der Waals surface area contributed by atoms with Crippen molar-refractivity contribution in [3.05, 3.63) is 0 Å². The van der Waals surface area contributed by atoms with E-state index in [9.17, 15) is 13.5 Å². The van der Waals surface area contributed by atoms with Crippen LogP contribution in [0.3, 0.4) is 0 Å². The smallest absolute Gasteiger partial charge is 0.265 e. The molecule has 0 radical (unpaired) electrons. The van der Waals surface area contributed by atoms with Gasteiger partial charge in [0.25, 0.3) is 10.1 Å². The molecule has 88 valence electrons. The van der Waals surface area contributed by atoms with E-state index in [4.69, 9.17) is 4.55 Å². The standard InChI is InChI=1S/C10H18O4S/c1-9(2)7-3-4-10(9,8(11)5-7)6-15(12,13)14/h7-8,11H,3-6H2,1-2H3,(H,12,13,14)/t7-,8+,10-/m1/s1. The molecule has 0 heterocycles. The van der Waals surface area contributed by atoms with Gasteiger partial charge in [0.05, 0.1) is 11.9 Å². The fraction of sp³-hybridized carbons (Fsp3) is 1.00. The molecule has 0 aromatic carbocycles. The first-order chi connectivity index (χ1) is 6.69. The third-order valence-corrected chi connectivity index (χ3v) is 5.71. The van der Waals surface area contributed by atoms with Gasteiger partial charge in [-0.15, -0.1) is 0 Å². The van der Waals surface area contributed by atoms with E-state index in [0.717, 1.165) is 6.42 Å². The molecule has 4 nitrogen and oxygen atoms in total. The molecule has 0 unspecified atom stereocenters. The number of rotatable bonds is 2. The number of aliphatic hydroxyl groups is 1. The maximum absolute atomic E-state index is 11.0. The Labute approximate surface area is 90.4 Å². The van der Waals surface area contributed by atoms with Crippen LogP contribution in [0.1, 0.15) is 33.1 Å². The Kier molecular flexibility index (Phi) is 2.24. The van der Waals surface area contributed by atoms with Crippen molar-refractivity contribution in [1.29, 1.82) is 0 Å². The van der Waals surface area contributed by atoms with Gasteiger partial charge in [-0.05, 0) is 30.6 Å². The Morgan fingerprint density at radius 2 is 2.00 bits per heavy atom. The van der Waals surface area contributed by atoms with Gasteiger partial charge in [0.2, 0.25) is 0 Å². The Balaban J connectivity index is 2.40. The van der Waals surface area contributed by atoms with Crippen LogP contribution in [0, 0.1) is 16.7 Å². The monoisotopic (exact) mass is 234 g/mol. The van der Waals surface area contributed by atoms with Crippen LogP contribution in [0.2, 0.25) is 0 Å². The summed E-state index contributed by atoms with van der Waals surface area (Å²) in [7, 11) is -4.02. The summed E-state index contributed by atoms with van der Waals surface area (Å²) in [6.45, 7) is 4.01. The van der Waals surface area contributed by atoms with Crippen LogP contribution in [0.4, 0.5) is 0 Å². The first-order valence-electron chi connectivity index (χ1n) is 5.32. The van der Waals surface area contributed by atoms with Gasteiger partial charge in [0.15, 0.2) is 0 Å². The lowest BCUT2D eigenvalue weighted by Gasteiger charge is -2.39. The summed E-state index contributed by atoms with van der Waals surface area (Å²) in [5.74, 6) is 0.0826. The maximum Gasteiger partial charge on any atom is 0.265 e. The molecule has 2 aliphatic carbocycles. The van der Waals surface area contributed by atoms with Crippen molar-refractivity contribution in [1.82, 2.24) is 0 Å². The molecule has 5 heteroatoms. The van der Waals surface area contributed by atoms with Crippen LogP contribution in [-0.2, 0) is 10.1 Å². The average Bonchev–Trinajstić information content (AvgIpc) is 2.34. The second-order valence-corrected chi connectivity index (χ2v) is 7.04. The topological polar surface area (TPSA) is 74.6 Å². The van der Waals surface area contributed by atoms with Crippen LogP contribution < -0.4 is 0 Å². The van der Waals surface area contributed by atoms with Gasteiger partial charge in [0, 0.05) is 5.41 Å². The molecule has 0 aromatic heterocycles. The molecule has 2 bridgehead atoms. The van der Waals surface area contributed by atoms with Gasteiger partial charge >= 0.3 is 0 Å². The van der Waals surface area contributed by atoms with Crippen molar-refractivity contribution < 1.29 is 18.1 Å². The highest BCUT2D eigenvalue weighted by Crippen LogP contribution is 2.65. The molecule has 0 amide bonds. The average molecular weight is 234 g/mol. The molecule has 0 aromatic rings. The Morgan fingerprint density at radius 3 is 2.33 bits per heavy atom. The molecule has 3 atom stereocenters. The Hall–Kier alpha value is -0.130. The predicted molar refractivity (Wildman–Crippen MR) is 56.0 cm³/mol. The first-order valence-corrected chi connectivity index (χ1v) is 6.93. The van der Waals surface area contributed by atoms with Crippen molar-refractivity contribution in [2.45, 2.75) is 39.2 Å². The lowest BCUT2D eigenvalue weighted by atomic mass is 9.70. The molecule has 0 spiro atoms. The zero-order valence-electron chi connectivity index (χ0n) is 9.10. The molecular formula is C10H18O4S. The van der Waals surface area contributed by atoms with Crippen molar-refractivity contribution >= 4 is 10.1 Å². The molecule has 2 rings (SSSR count). The SMILES string of the molecule is CC1(C)[C@@H]2CC[C@@]1(CS(=O)(=O)O)[C@@H](O)C2.